The van der Waals surface area contributed by atoms with E-state index in [1.807, 2.05) is 30.4 Å². The highest BCUT2D eigenvalue weighted by Gasteiger charge is 2.07. The van der Waals surface area contributed by atoms with Gasteiger partial charge >= 0.3 is 0 Å². The van der Waals surface area contributed by atoms with Crippen molar-refractivity contribution in [3.05, 3.63) is 82.7 Å². The van der Waals surface area contributed by atoms with Crippen LogP contribution in [-0.2, 0) is 4.74 Å². The van der Waals surface area contributed by atoms with Crippen molar-refractivity contribution in [3.63, 3.8) is 0 Å². The molecule has 0 unspecified atom stereocenters. The predicted molar refractivity (Wildman–Crippen MR) is 73.4 cm³/mol. The molecule has 2 heterocycles. The van der Waals surface area contributed by atoms with Gasteiger partial charge in [-0.3, -0.25) is 9.98 Å². The van der Waals surface area contributed by atoms with Crippen molar-refractivity contribution >= 4 is 6.08 Å². The fourth-order valence-corrected chi connectivity index (χ4v) is 1.91. The number of hydrogen-bond donors (Lipinski definition) is 0. The van der Waals surface area contributed by atoms with Crippen LogP contribution in [0.1, 0.15) is 0 Å². The standard InChI is InChI=1S/C16H12N2O/c1-12-9-13-7-8-17-11-15(13)18-10-14-5-3-2-4-6-16(14)19-12/h2-3,5-9,11H,1,10H2/b13-9-,18-15-. The van der Waals surface area contributed by atoms with Crippen molar-refractivity contribution < 1.29 is 4.74 Å². The number of fused-ring (bicyclic) bond motifs is 1. The summed E-state index contributed by atoms with van der Waals surface area (Å²) in [6, 6.07) is 1.90. The highest BCUT2D eigenvalue weighted by Crippen LogP contribution is 2.16. The monoisotopic (exact) mass is 248 g/mol. The van der Waals surface area contributed by atoms with Crippen molar-refractivity contribution in [1.29, 1.82) is 0 Å². The largest absolute Gasteiger partial charge is 0.457 e. The van der Waals surface area contributed by atoms with Crippen molar-refractivity contribution in [1.82, 2.24) is 4.98 Å². The van der Waals surface area contributed by atoms with Gasteiger partial charge in [-0.1, -0.05) is 18.7 Å². The van der Waals surface area contributed by atoms with E-state index in [0.29, 0.717) is 12.3 Å². The van der Waals surface area contributed by atoms with Gasteiger partial charge in [0.15, 0.2) is 0 Å². The summed E-state index contributed by atoms with van der Waals surface area (Å²) < 4.78 is 5.77. The number of ether oxygens (including phenoxy) is 1. The molecular formula is C16H12N2O. The predicted octanol–water partition coefficient (Wildman–Crippen LogP) is 1.56. The average molecular weight is 248 g/mol. The van der Waals surface area contributed by atoms with Crippen LogP contribution >= 0.6 is 0 Å². The molecule has 0 spiro atoms. The van der Waals surface area contributed by atoms with E-state index < -0.39 is 0 Å². The zero-order chi connectivity index (χ0) is 13.1. The van der Waals surface area contributed by atoms with E-state index in [4.69, 9.17) is 4.74 Å². The summed E-state index contributed by atoms with van der Waals surface area (Å²) in [6.07, 6.45) is 12.9. The van der Waals surface area contributed by atoms with E-state index in [1.165, 1.54) is 0 Å². The molecule has 1 aliphatic carbocycles. The minimum Gasteiger partial charge on any atom is -0.457 e. The Kier molecular flexibility index (Phi) is 2.97. The number of hydrogen-bond acceptors (Lipinski definition) is 3. The van der Waals surface area contributed by atoms with Gasteiger partial charge in [-0.2, -0.15) is 0 Å². The fourth-order valence-electron chi connectivity index (χ4n) is 1.91. The average Bonchev–Trinajstić information content (AvgIpc) is 2.59. The van der Waals surface area contributed by atoms with Crippen molar-refractivity contribution in [3.8, 4) is 0 Å². The molecule has 3 heteroatoms. The van der Waals surface area contributed by atoms with Crippen LogP contribution in [0.4, 0.5) is 0 Å². The molecule has 0 saturated heterocycles. The van der Waals surface area contributed by atoms with E-state index in [2.05, 4.69) is 22.3 Å². The first-order chi connectivity index (χ1) is 9.33. The van der Waals surface area contributed by atoms with Crippen LogP contribution in [0.5, 0.6) is 0 Å². The molecule has 0 saturated carbocycles. The van der Waals surface area contributed by atoms with Gasteiger partial charge in [0.05, 0.1) is 18.1 Å². The van der Waals surface area contributed by atoms with Gasteiger partial charge in [-0.15, -0.1) is 5.73 Å². The summed E-state index contributed by atoms with van der Waals surface area (Å²) in [7, 11) is 0. The molecule has 1 aromatic heterocycles. The molecule has 0 radical (unpaired) electrons. The Labute approximate surface area is 111 Å². The number of nitrogens with zero attached hydrogens (tertiary/aromatic N) is 2. The van der Waals surface area contributed by atoms with Crippen LogP contribution in [-0.4, -0.2) is 11.5 Å². The SMILES string of the molecule is C=C1/C=c2/ccnc/c2=N/CC2=C(C=C=CC=C2)O1. The Morgan fingerprint density at radius 3 is 3.26 bits per heavy atom. The van der Waals surface area contributed by atoms with Crippen molar-refractivity contribution in [2.75, 3.05) is 6.54 Å². The molecule has 3 nitrogen and oxygen atoms in total. The molecule has 0 bridgehead atoms. The minimum absolute atomic E-state index is 0.539. The number of pyridine rings is 1. The molecule has 92 valence electrons. The smallest absolute Gasteiger partial charge is 0.140 e. The van der Waals surface area contributed by atoms with Crippen LogP contribution < -0.4 is 10.6 Å². The number of aromatic nitrogens is 1. The first-order valence-electron chi connectivity index (χ1n) is 5.98. The molecule has 2 aliphatic rings. The van der Waals surface area contributed by atoms with Gasteiger partial charge in [-0.25, -0.2) is 0 Å². The van der Waals surface area contributed by atoms with Gasteiger partial charge in [0.2, 0.25) is 0 Å². The molecule has 0 aromatic carbocycles. The fraction of sp³-hybridized carbons (Fsp3) is 0.0625. The number of allylic oxidation sites excluding steroid dienone is 3. The third-order valence-corrected chi connectivity index (χ3v) is 2.83. The number of rotatable bonds is 0. The molecule has 0 fully saturated rings. The Bertz CT molecular complexity index is 775. The van der Waals surface area contributed by atoms with Gasteiger partial charge in [0.1, 0.15) is 11.5 Å². The Morgan fingerprint density at radius 1 is 1.37 bits per heavy atom. The molecule has 19 heavy (non-hydrogen) atoms. The van der Waals surface area contributed by atoms with Gasteiger partial charge < -0.3 is 4.74 Å². The maximum atomic E-state index is 5.77. The lowest BCUT2D eigenvalue weighted by molar-refractivity contribution is 0.341. The van der Waals surface area contributed by atoms with Crippen LogP contribution in [0.2, 0.25) is 0 Å². The second-order valence-corrected chi connectivity index (χ2v) is 4.19. The summed E-state index contributed by atoms with van der Waals surface area (Å²) >= 11 is 0. The molecule has 1 aliphatic heterocycles. The van der Waals surface area contributed by atoms with Gasteiger partial charge in [0.25, 0.3) is 0 Å². The molecule has 0 N–H and O–H groups in total. The summed E-state index contributed by atoms with van der Waals surface area (Å²) in [6.45, 7) is 4.46. The Morgan fingerprint density at radius 2 is 2.32 bits per heavy atom. The zero-order valence-corrected chi connectivity index (χ0v) is 10.3. The van der Waals surface area contributed by atoms with Crippen LogP contribution in [0.3, 0.4) is 0 Å². The highest BCUT2D eigenvalue weighted by molar-refractivity contribution is 5.44. The van der Waals surface area contributed by atoms with Crippen molar-refractivity contribution in [2.45, 2.75) is 0 Å². The quantitative estimate of drug-likeness (QED) is 0.653. The second kappa shape index (κ2) is 4.92. The van der Waals surface area contributed by atoms with E-state index in [-0.39, 0.29) is 0 Å². The lowest BCUT2D eigenvalue weighted by Gasteiger charge is -2.07. The third-order valence-electron chi connectivity index (χ3n) is 2.83. The van der Waals surface area contributed by atoms with E-state index in [0.717, 1.165) is 21.9 Å². The van der Waals surface area contributed by atoms with Crippen LogP contribution in [0.25, 0.3) is 6.08 Å². The van der Waals surface area contributed by atoms with Gasteiger partial charge in [-0.05, 0) is 18.2 Å². The topological polar surface area (TPSA) is 34.5 Å². The lowest BCUT2D eigenvalue weighted by atomic mass is 10.2. The van der Waals surface area contributed by atoms with Crippen molar-refractivity contribution in [2.24, 2.45) is 4.99 Å². The maximum absolute atomic E-state index is 5.77. The Balaban J connectivity index is 2.18. The lowest BCUT2D eigenvalue weighted by Crippen LogP contribution is -2.25. The summed E-state index contributed by atoms with van der Waals surface area (Å²) in [5.41, 5.74) is 4.02. The van der Waals surface area contributed by atoms with Crippen LogP contribution in [0, 0.1) is 0 Å². The van der Waals surface area contributed by atoms with Gasteiger partial charge in [0, 0.05) is 23.1 Å². The van der Waals surface area contributed by atoms with E-state index >= 15 is 0 Å². The first kappa shape index (κ1) is 11.5. The highest BCUT2D eigenvalue weighted by atomic mass is 16.5. The molecule has 0 amide bonds. The molecule has 1 aromatic rings. The Hall–Kier alpha value is -2.64. The third kappa shape index (κ3) is 2.46. The van der Waals surface area contributed by atoms with Crippen LogP contribution in [0.15, 0.2) is 77.2 Å². The first-order valence-corrected chi connectivity index (χ1v) is 5.98. The second-order valence-electron chi connectivity index (χ2n) is 4.19. The minimum atomic E-state index is 0.539. The molecule has 0 atom stereocenters. The molecule has 3 rings (SSSR count). The molecular weight excluding hydrogens is 236 g/mol. The zero-order valence-electron chi connectivity index (χ0n) is 10.3. The van der Waals surface area contributed by atoms with E-state index in [9.17, 15) is 0 Å². The maximum Gasteiger partial charge on any atom is 0.140 e. The van der Waals surface area contributed by atoms with E-state index in [1.54, 1.807) is 18.5 Å². The normalized spacial score (nSPS) is 20.5. The summed E-state index contributed by atoms with van der Waals surface area (Å²) in [5, 5.41) is 1.80. The summed E-state index contributed by atoms with van der Waals surface area (Å²) in [5.74, 6) is 1.31. The summed E-state index contributed by atoms with van der Waals surface area (Å²) in [4.78, 5) is 8.69.